The molecule has 2 N–H and O–H groups in total. The Morgan fingerprint density at radius 1 is 1.13 bits per heavy atom. The first-order valence-electron chi connectivity index (χ1n) is 6.41. The van der Waals surface area contributed by atoms with Gasteiger partial charge in [0.1, 0.15) is 28.7 Å². The lowest BCUT2D eigenvalue weighted by Crippen LogP contribution is -2.01. The Morgan fingerprint density at radius 2 is 1.83 bits per heavy atom. The lowest BCUT2D eigenvalue weighted by Gasteiger charge is -2.09. The molecule has 2 rings (SSSR count). The summed E-state index contributed by atoms with van der Waals surface area (Å²) in [6, 6.07) is 3.02. The standard InChI is InChI=1S/C14H14FN3O4S/c1-21-13-7-12(14(22-2)6-10(13)16)18-17-11-4-3-8(23(19)20)5-9(11)15/h3-4,6-7H,5,16H2,1-2H3. The molecule has 0 bridgehead atoms. The van der Waals surface area contributed by atoms with E-state index in [1.165, 1.54) is 38.5 Å². The molecule has 1 aromatic carbocycles. The molecule has 122 valence electrons. The smallest absolute Gasteiger partial charge is 0.217 e. The van der Waals surface area contributed by atoms with Crippen LogP contribution in [0, 0.1) is 0 Å². The van der Waals surface area contributed by atoms with E-state index < -0.39 is 16.1 Å². The monoisotopic (exact) mass is 339 g/mol. The van der Waals surface area contributed by atoms with Gasteiger partial charge in [-0.05, 0) is 12.2 Å². The molecule has 0 aliphatic heterocycles. The van der Waals surface area contributed by atoms with Crippen LogP contribution >= 0.6 is 0 Å². The van der Waals surface area contributed by atoms with Gasteiger partial charge in [0.2, 0.25) is 10.3 Å². The van der Waals surface area contributed by atoms with Crippen molar-refractivity contribution in [2.24, 2.45) is 10.2 Å². The fourth-order valence-corrected chi connectivity index (χ4v) is 2.28. The molecule has 0 saturated heterocycles. The van der Waals surface area contributed by atoms with Crippen LogP contribution in [0.5, 0.6) is 11.5 Å². The van der Waals surface area contributed by atoms with Gasteiger partial charge in [-0.25, -0.2) is 4.39 Å². The van der Waals surface area contributed by atoms with E-state index in [0.29, 0.717) is 22.9 Å². The molecule has 0 radical (unpaired) electrons. The number of methoxy groups -OCH3 is 2. The van der Waals surface area contributed by atoms with Crippen molar-refractivity contribution in [2.45, 2.75) is 6.42 Å². The summed E-state index contributed by atoms with van der Waals surface area (Å²) < 4.78 is 45.7. The molecule has 1 aromatic rings. The molecule has 0 unspecified atom stereocenters. The molecule has 0 heterocycles. The van der Waals surface area contributed by atoms with Crippen molar-refractivity contribution in [3.05, 3.63) is 35.8 Å². The van der Waals surface area contributed by atoms with Crippen LogP contribution in [0.2, 0.25) is 0 Å². The zero-order valence-electron chi connectivity index (χ0n) is 12.4. The van der Waals surface area contributed by atoms with Gasteiger partial charge in [-0.3, -0.25) is 0 Å². The van der Waals surface area contributed by atoms with Crippen molar-refractivity contribution >= 4 is 26.5 Å². The minimum absolute atomic E-state index is 0.0480. The molecule has 0 aromatic heterocycles. The minimum atomic E-state index is -2.46. The van der Waals surface area contributed by atoms with Crippen LogP contribution < -0.4 is 15.2 Å². The van der Waals surface area contributed by atoms with E-state index in [1.54, 1.807) is 0 Å². The first kappa shape index (κ1) is 16.7. The van der Waals surface area contributed by atoms with Gasteiger partial charge in [0.25, 0.3) is 0 Å². The second kappa shape index (κ2) is 7.05. The highest BCUT2D eigenvalue weighted by atomic mass is 32.2. The van der Waals surface area contributed by atoms with Gasteiger partial charge in [0.05, 0.1) is 24.8 Å². The van der Waals surface area contributed by atoms with Crippen molar-refractivity contribution in [1.29, 1.82) is 0 Å². The fourth-order valence-electron chi connectivity index (χ4n) is 1.86. The maximum absolute atomic E-state index is 13.9. The predicted molar refractivity (Wildman–Crippen MR) is 84.3 cm³/mol. The zero-order valence-corrected chi connectivity index (χ0v) is 13.2. The van der Waals surface area contributed by atoms with Crippen molar-refractivity contribution in [2.75, 3.05) is 20.0 Å². The number of allylic oxidation sites excluding steroid dienone is 3. The Hall–Kier alpha value is -2.68. The Bertz CT molecular complexity index is 849. The maximum atomic E-state index is 13.9. The van der Waals surface area contributed by atoms with Gasteiger partial charge >= 0.3 is 0 Å². The van der Waals surface area contributed by atoms with E-state index in [9.17, 15) is 12.8 Å². The van der Waals surface area contributed by atoms with Gasteiger partial charge < -0.3 is 15.2 Å². The average Bonchev–Trinajstić information content (AvgIpc) is 2.53. The minimum Gasteiger partial charge on any atom is -0.495 e. The molecular formula is C14H14FN3O4S. The van der Waals surface area contributed by atoms with E-state index in [0.717, 1.165) is 0 Å². The Balaban J connectivity index is 2.36. The molecule has 0 atom stereocenters. The molecule has 23 heavy (non-hydrogen) atoms. The normalized spacial score (nSPS) is 14.5. The maximum Gasteiger partial charge on any atom is 0.217 e. The van der Waals surface area contributed by atoms with E-state index in [4.69, 9.17) is 15.2 Å². The lowest BCUT2D eigenvalue weighted by atomic mass is 10.1. The van der Waals surface area contributed by atoms with Crippen LogP contribution in [0.4, 0.5) is 15.8 Å². The number of rotatable bonds is 4. The summed E-state index contributed by atoms with van der Waals surface area (Å²) in [5.41, 5.74) is 6.37. The fraction of sp³-hybridized carbons (Fsp3) is 0.214. The number of nitrogens with zero attached hydrogens (tertiary/aromatic N) is 2. The molecule has 9 heteroatoms. The number of hydrogen-bond donors (Lipinski definition) is 1. The van der Waals surface area contributed by atoms with Gasteiger partial charge in [-0.1, -0.05) is 0 Å². The highest BCUT2D eigenvalue weighted by Gasteiger charge is 2.14. The van der Waals surface area contributed by atoms with Crippen LogP contribution in [0.1, 0.15) is 6.42 Å². The first-order valence-corrected chi connectivity index (χ1v) is 7.48. The summed E-state index contributed by atoms with van der Waals surface area (Å²) in [7, 11) is 0.429. The zero-order chi connectivity index (χ0) is 17.0. The summed E-state index contributed by atoms with van der Waals surface area (Å²) in [6.07, 6.45) is 2.18. The van der Waals surface area contributed by atoms with Crippen molar-refractivity contribution in [1.82, 2.24) is 0 Å². The van der Waals surface area contributed by atoms with Gasteiger partial charge in [0, 0.05) is 18.6 Å². The second-order valence-electron chi connectivity index (χ2n) is 4.47. The van der Waals surface area contributed by atoms with E-state index in [2.05, 4.69) is 10.2 Å². The van der Waals surface area contributed by atoms with Gasteiger partial charge in [-0.15, -0.1) is 10.2 Å². The van der Waals surface area contributed by atoms with Gasteiger partial charge in [-0.2, -0.15) is 8.42 Å². The van der Waals surface area contributed by atoms with E-state index >= 15 is 0 Å². The highest BCUT2D eigenvalue weighted by molar-refractivity contribution is 7.73. The Kier molecular flexibility index (Phi) is 5.12. The number of hydrogen-bond acceptors (Lipinski definition) is 7. The summed E-state index contributed by atoms with van der Waals surface area (Å²) in [6.45, 7) is 0. The first-order chi connectivity index (χ1) is 11.0. The largest absolute Gasteiger partial charge is 0.495 e. The van der Waals surface area contributed by atoms with Crippen LogP contribution in [0.25, 0.3) is 0 Å². The summed E-state index contributed by atoms with van der Waals surface area (Å²) in [5, 5.41) is 7.72. The van der Waals surface area contributed by atoms with Crippen LogP contribution in [-0.4, -0.2) is 27.5 Å². The van der Waals surface area contributed by atoms with Gasteiger partial charge in [0.15, 0.2) is 0 Å². The molecule has 0 fully saturated rings. The van der Waals surface area contributed by atoms with Crippen LogP contribution in [0.3, 0.4) is 0 Å². The Labute approximate surface area is 133 Å². The SMILES string of the molecule is COc1cc(N=NC2=C(F)CC(=S(=O)=O)C=C2)c(OC)cc1N. The third kappa shape index (κ3) is 3.75. The molecule has 1 aliphatic rings. The summed E-state index contributed by atoms with van der Waals surface area (Å²) in [5.74, 6) is 0.0448. The third-order valence-electron chi connectivity index (χ3n) is 3.05. The molecule has 7 nitrogen and oxygen atoms in total. The molecule has 0 spiro atoms. The Morgan fingerprint density at radius 3 is 2.39 bits per heavy atom. The molecule has 0 amide bonds. The second-order valence-corrected chi connectivity index (χ2v) is 5.46. The average molecular weight is 339 g/mol. The third-order valence-corrected chi connectivity index (χ3v) is 3.75. The quantitative estimate of drug-likeness (QED) is 0.516. The van der Waals surface area contributed by atoms with E-state index in [-0.39, 0.29) is 17.0 Å². The van der Waals surface area contributed by atoms with Crippen LogP contribution in [0.15, 0.2) is 46.0 Å². The van der Waals surface area contributed by atoms with Crippen molar-refractivity contribution in [3.8, 4) is 11.5 Å². The number of anilines is 1. The number of azo groups is 1. The number of nitrogen functional groups attached to an aromatic ring is 1. The highest BCUT2D eigenvalue weighted by Crippen LogP contribution is 2.37. The molecule has 1 aliphatic carbocycles. The van der Waals surface area contributed by atoms with E-state index in [1.807, 2.05) is 0 Å². The summed E-state index contributed by atoms with van der Waals surface area (Å²) >= 11 is 0. The number of nitrogens with two attached hydrogens (primary N) is 1. The number of halogens is 1. The van der Waals surface area contributed by atoms with Crippen molar-refractivity contribution in [3.63, 3.8) is 0 Å². The summed E-state index contributed by atoms with van der Waals surface area (Å²) in [4.78, 5) is -0.0480. The van der Waals surface area contributed by atoms with Crippen LogP contribution in [-0.2, 0) is 10.3 Å². The lowest BCUT2D eigenvalue weighted by molar-refractivity contribution is 0.406. The molecule has 0 saturated carbocycles. The predicted octanol–water partition coefficient (Wildman–Crippen LogP) is 2.56. The number of benzene rings is 1. The van der Waals surface area contributed by atoms with Crippen molar-refractivity contribution < 1.29 is 22.3 Å². The topological polar surface area (TPSA) is 103 Å². The molecular weight excluding hydrogens is 325 g/mol. The number of ether oxygens (including phenoxy) is 2.